The average molecular weight is 234 g/mol. The smallest absolute Gasteiger partial charge is 0.287 e. The Morgan fingerprint density at radius 3 is 3.00 bits per heavy atom. The van der Waals surface area contributed by atoms with E-state index in [9.17, 15) is 4.79 Å². The van der Waals surface area contributed by atoms with Gasteiger partial charge < -0.3 is 20.6 Å². The Balaban J connectivity index is 2.21. The molecule has 0 saturated heterocycles. The first-order valence-corrected chi connectivity index (χ1v) is 5.31. The number of fused-ring (bicyclic) bond motifs is 1. The monoisotopic (exact) mass is 234 g/mol. The molecule has 0 radical (unpaired) electrons. The molecule has 90 valence electrons. The summed E-state index contributed by atoms with van der Waals surface area (Å²) in [4.78, 5) is 11.7. The zero-order valence-corrected chi connectivity index (χ0v) is 9.43. The maximum atomic E-state index is 11.7. The summed E-state index contributed by atoms with van der Waals surface area (Å²) in [5.74, 6) is -0.132. The van der Waals surface area contributed by atoms with E-state index in [0.717, 1.165) is 5.39 Å². The molecule has 2 aromatic rings. The van der Waals surface area contributed by atoms with Gasteiger partial charge in [0.15, 0.2) is 5.76 Å². The molecule has 0 unspecified atom stereocenters. The van der Waals surface area contributed by atoms with Crippen LogP contribution in [0.15, 0.2) is 28.7 Å². The van der Waals surface area contributed by atoms with Crippen LogP contribution in [0.25, 0.3) is 11.0 Å². The Morgan fingerprint density at radius 2 is 2.29 bits per heavy atom. The van der Waals surface area contributed by atoms with Crippen molar-refractivity contribution in [3.63, 3.8) is 0 Å². The normalized spacial score (nSPS) is 12.6. The summed E-state index contributed by atoms with van der Waals surface area (Å²) in [5, 5.41) is 12.4. The highest BCUT2D eigenvalue weighted by Gasteiger charge is 2.12. The second-order valence-electron chi connectivity index (χ2n) is 3.97. The molecule has 0 aliphatic heterocycles. The van der Waals surface area contributed by atoms with E-state index in [4.69, 9.17) is 15.3 Å². The van der Waals surface area contributed by atoms with Crippen LogP contribution in [-0.4, -0.2) is 23.7 Å². The van der Waals surface area contributed by atoms with Crippen LogP contribution in [0, 0.1) is 0 Å². The zero-order chi connectivity index (χ0) is 12.4. The number of carbonyl (C=O) groups excluding carboxylic acids is 1. The summed E-state index contributed by atoms with van der Waals surface area (Å²) in [6, 6.07) is 6.80. The third-order valence-electron chi connectivity index (χ3n) is 2.32. The van der Waals surface area contributed by atoms with Crippen molar-refractivity contribution in [2.24, 2.45) is 0 Å². The molecule has 0 saturated carbocycles. The van der Waals surface area contributed by atoms with E-state index in [0.29, 0.717) is 11.3 Å². The Bertz CT molecular complexity index is 546. The van der Waals surface area contributed by atoms with E-state index in [1.807, 2.05) is 0 Å². The van der Waals surface area contributed by atoms with Crippen molar-refractivity contribution < 1.29 is 14.3 Å². The van der Waals surface area contributed by atoms with Crippen molar-refractivity contribution in [2.45, 2.75) is 13.0 Å². The van der Waals surface area contributed by atoms with Crippen molar-refractivity contribution in [1.82, 2.24) is 5.32 Å². The van der Waals surface area contributed by atoms with Crippen molar-refractivity contribution in [1.29, 1.82) is 0 Å². The molecule has 0 aliphatic rings. The molecule has 1 aromatic carbocycles. The van der Waals surface area contributed by atoms with E-state index in [1.165, 1.54) is 0 Å². The minimum absolute atomic E-state index is 0.192. The number of carbonyl (C=O) groups is 1. The molecule has 5 heteroatoms. The van der Waals surface area contributed by atoms with Gasteiger partial charge in [0.1, 0.15) is 5.58 Å². The molecule has 1 aromatic heterocycles. The predicted octanol–water partition coefficient (Wildman–Crippen LogP) is 1.13. The number of benzene rings is 1. The van der Waals surface area contributed by atoms with Crippen molar-refractivity contribution in [2.75, 3.05) is 12.3 Å². The fourth-order valence-electron chi connectivity index (χ4n) is 1.50. The van der Waals surface area contributed by atoms with E-state index >= 15 is 0 Å². The van der Waals surface area contributed by atoms with Crippen LogP contribution >= 0.6 is 0 Å². The molecule has 5 nitrogen and oxygen atoms in total. The second kappa shape index (κ2) is 4.47. The summed E-state index contributed by atoms with van der Waals surface area (Å²) in [7, 11) is 0. The number of amides is 1. The molecular formula is C12H14N2O3. The lowest BCUT2D eigenvalue weighted by Crippen LogP contribution is -2.30. The van der Waals surface area contributed by atoms with Crippen LogP contribution < -0.4 is 11.1 Å². The van der Waals surface area contributed by atoms with Crippen LogP contribution in [0.5, 0.6) is 0 Å². The first-order chi connectivity index (χ1) is 8.06. The van der Waals surface area contributed by atoms with Gasteiger partial charge in [-0.15, -0.1) is 0 Å². The first-order valence-electron chi connectivity index (χ1n) is 5.31. The van der Waals surface area contributed by atoms with Gasteiger partial charge in [-0.25, -0.2) is 0 Å². The van der Waals surface area contributed by atoms with E-state index in [1.54, 1.807) is 31.2 Å². The topological polar surface area (TPSA) is 88.5 Å². The maximum Gasteiger partial charge on any atom is 0.287 e. The van der Waals surface area contributed by atoms with Gasteiger partial charge in [0, 0.05) is 17.6 Å². The van der Waals surface area contributed by atoms with Crippen LogP contribution in [-0.2, 0) is 0 Å². The van der Waals surface area contributed by atoms with Gasteiger partial charge in [-0.3, -0.25) is 4.79 Å². The largest absolute Gasteiger partial charge is 0.451 e. The highest BCUT2D eigenvalue weighted by molar-refractivity contribution is 5.96. The average Bonchev–Trinajstić information content (AvgIpc) is 2.68. The lowest BCUT2D eigenvalue weighted by atomic mass is 10.2. The number of hydrogen-bond donors (Lipinski definition) is 3. The molecule has 1 atom stereocenters. The van der Waals surface area contributed by atoms with Gasteiger partial charge in [-0.1, -0.05) is 0 Å². The van der Waals surface area contributed by atoms with Crippen LogP contribution in [0.4, 0.5) is 5.69 Å². The summed E-state index contributed by atoms with van der Waals surface area (Å²) < 4.78 is 5.37. The third-order valence-corrected chi connectivity index (χ3v) is 2.32. The molecule has 2 rings (SSSR count). The number of hydrogen-bond acceptors (Lipinski definition) is 4. The number of rotatable bonds is 3. The maximum absolute atomic E-state index is 11.7. The summed E-state index contributed by atoms with van der Waals surface area (Å²) in [6.45, 7) is 1.79. The molecular weight excluding hydrogens is 220 g/mol. The Hall–Kier alpha value is -2.01. The van der Waals surface area contributed by atoms with Crippen LogP contribution in [0.3, 0.4) is 0 Å². The Kier molecular flexibility index (Phi) is 3.01. The molecule has 0 fully saturated rings. The van der Waals surface area contributed by atoms with Crippen LogP contribution in [0.1, 0.15) is 17.5 Å². The van der Waals surface area contributed by atoms with Crippen molar-refractivity contribution in [3.8, 4) is 0 Å². The molecule has 1 amide bonds. The molecule has 0 bridgehead atoms. The van der Waals surface area contributed by atoms with Crippen molar-refractivity contribution >= 4 is 22.6 Å². The predicted molar refractivity (Wildman–Crippen MR) is 64.6 cm³/mol. The highest BCUT2D eigenvalue weighted by Crippen LogP contribution is 2.21. The Morgan fingerprint density at radius 1 is 1.53 bits per heavy atom. The van der Waals surface area contributed by atoms with E-state index in [-0.39, 0.29) is 18.2 Å². The minimum atomic E-state index is -0.584. The summed E-state index contributed by atoms with van der Waals surface area (Å²) >= 11 is 0. The lowest BCUT2D eigenvalue weighted by Gasteiger charge is -2.04. The van der Waals surface area contributed by atoms with Gasteiger partial charge >= 0.3 is 0 Å². The lowest BCUT2D eigenvalue weighted by molar-refractivity contribution is 0.0899. The molecule has 4 N–H and O–H groups in total. The fraction of sp³-hybridized carbons (Fsp3) is 0.250. The zero-order valence-electron chi connectivity index (χ0n) is 9.43. The quantitative estimate of drug-likeness (QED) is 0.694. The van der Waals surface area contributed by atoms with Crippen LogP contribution in [0.2, 0.25) is 0 Å². The molecule has 17 heavy (non-hydrogen) atoms. The first kappa shape index (κ1) is 11.5. The number of nitrogens with two attached hydrogens (primary N) is 1. The molecule has 0 spiro atoms. The SMILES string of the molecule is C[C@@H](O)CNC(=O)c1cc2cc(N)ccc2o1. The van der Waals surface area contributed by atoms with E-state index < -0.39 is 6.10 Å². The van der Waals surface area contributed by atoms with Crippen molar-refractivity contribution in [3.05, 3.63) is 30.0 Å². The Labute approximate surface area is 98.2 Å². The number of furan rings is 1. The van der Waals surface area contributed by atoms with Gasteiger partial charge in [0.2, 0.25) is 0 Å². The highest BCUT2D eigenvalue weighted by atomic mass is 16.3. The van der Waals surface area contributed by atoms with Gasteiger partial charge in [-0.05, 0) is 31.2 Å². The van der Waals surface area contributed by atoms with E-state index in [2.05, 4.69) is 5.32 Å². The third kappa shape index (κ3) is 2.57. The molecule has 1 heterocycles. The second-order valence-corrected chi connectivity index (χ2v) is 3.97. The number of nitrogen functional groups attached to an aromatic ring is 1. The number of aliphatic hydroxyl groups is 1. The van der Waals surface area contributed by atoms with Gasteiger partial charge in [-0.2, -0.15) is 0 Å². The molecule has 0 aliphatic carbocycles. The standard InChI is InChI=1S/C12H14N2O3/c1-7(15)6-14-12(16)11-5-8-4-9(13)2-3-10(8)17-11/h2-5,7,15H,6,13H2,1H3,(H,14,16)/t7-/m1/s1. The van der Waals surface area contributed by atoms with Gasteiger partial charge in [0.05, 0.1) is 6.10 Å². The number of aliphatic hydroxyl groups excluding tert-OH is 1. The van der Waals surface area contributed by atoms with Gasteiger partial charge in [0.25, 0.3) is 5.91 Å². The summed E-state index contributed by atoms with van der Waals surface area (Å²) in [5.41, 5.74) is 6.86. The summed E-state index contributed by atoms with van der Waals surface area (Å²) in [6.07, 6.45) is -0.584. The number of nitrogens with one attached hydrogen (secondary N) is 1. The fourth-order valence-corrected chi connectivity index (χ4v) is 1.50. The minimum Gasteiger partial charge on any atom is -0.451 e. The number of anilines is 1.